The van der Waals surface area contributed by atoms with Crippen molar-refractivity contribution in [2.75, 3.05) is 0 Å². The number of carbonyl (C=O) groups excluding carboxylic acids is 1. The van der Waals surface area contributed by atoms with E-state index in [9.17, 15) is 14.7 Å². The number of hydrogen-bond donors (Lipinski definition) is 1. The molecule has 0 aromatic heterocycles. The molecule has 176 valence electrons. The Balaban J connectivity index is 2.84. The first-order valence-electron chi connectivity index (χ1n) is 12.9. The lowest BCUT2D eigenvalue weighted by Gasteiger charge is -2.32. The zero-order valence-electron chi connectivity index (χ0n) is 20.2. The molecule has 0 spiro atoms. The van der Waals surface area contributed by atoms with Crippen molar-refractivity contribution in [1.29, 1.82) is 0 Å². The van der Waals surface area contributed by atoms with E-state index in [-0.39, 0.29) is 18.0 Å². The fraction of sp³-hybridized carbons (Fsp3) is 0.923. The topological polar surface area (TPSA) is 63.6 Å². The van der Waals surface area contributed by atoms with E-state index in [0.717, 1.165) is 38.5 Å². The van der Waals surface area contributed by atoms with Gasteiger partial charge in [0, 0.05) is 0 Å². The molecule has 0 amide bonds. The lowest BCUT2D eigenvalue weighted by atomic mass is 9.81. The second-order valence-electron chi connectivity index (χ2n) is 9.57. The van der Waals surface area contributed by atoms with Gasteiger partial charge in [0.05, 0.1) is 11.8 Å². The Morgan fingerprint density at radius 2 is 1.60 bits per heavy atom. The minimum absolute atomic E-state index is 0.0163. The van der Waals surface area contributed by atoms with Crippen LogP contribution in [0.5, 0.6) is 0 Å². The van der Waals surface area contributed by atoms with E-state index in [1.165, 1.54) is 44.9 Å². The smallest absolute Gasteiger partial charge is 0.309 e. The monoisotopic (exact) mass is 424 g/mol. The summed E-state index contributed by atoms with van der Waals surface area (Å²) in [4.78, 5) is 24.5. The van der Waals surface area contributed by atoms with Crippen molar-refractivity contribution in [3.8, 4) is 0 Å². The van der Waals surface area contributed by atoms with E-state index < -0.39 is 11.9 Å². The Morgan fingerprint density at radius 3 is 2.20 bits per heavy atom. The predicted molar refractivity (Wildman–Crippen MR) is 123 cm³/mol. The van der Waals surface area contributed by atoms with Crippen LogP contribution >= 0.6 is 0 Å². The van der Waals surface area contributed by atoms with Gasteiger partial charge in [-0.3, -0.25) is 9.59 Å². The van der Waals surface area contributed by atoms with Gasteiger partial charge in [-0.2, -0.15) is 0 Å². The van der Waals surface area contributed by atoms with Crippen molar-refractivity contribution in [3.05, 3.63) is 0 Å². The third-order valence-electron chi connectivity index (χ3n) is 7.08. The van der Waals surface area contributed by atoms with Crippen molar-refractivity contribution < 1.29 is 19.4 Å². The van der Waals surface area contributed by atoms with Gasteiger partial charge >= 0.3 is 11.9 Å². The summed E-state index contributed by atoms with van der Waals surface area (Å²) in [6.07, 6.45) is 15.5. The number of carboxylic acid groups (broad SMARTS) is 1. The van der Waals surface area contributed by atoms with E-state index in [0.29, 0.717) is 24.7 Å². The number of unbranched alkanes of at least 4 members (excludes halogenated alkanes) is 3. The summed E-state index contributed by atoms with van der Waals surface area (Å²) in [5.41, 5.74) is 0. The van der Waals surface area contributed by atoms with Crippen molar-refractivity contribution in [2.45, 2.75) is 130 Å². The highest BCUT2D eigenvalue weighted by molar-refractivity contribution is 5.75. The van der Waals surface area contributed by atoms with Crippen LogP contribution < -0.4 is 0 Å². The molecule has 0 aromatic rings. The third-order valence-corrected chi connectivity index (χ3v) is 7.08. The third kappa shape index (κ3) is 9.83. The molecule has 5 unspecified atom stereocenters. The van der Waals surface area contributed by atoms with Crippen molar-refractivity contribution in [1.82, 2.24) is 0 Å². The van der Waals surface area contributed by atoms with Crippen LogP contribution in [0, 0.1) is 23.7 Å². The summed E-state index contributed by atoms with van der Waals surface area (Å²) < 4.78 is 6.22. The highest BCUT2D eigenvalue weighted by atomic mass is 16.5. The lowest BCUT2D eigenvalue weighted by Crippen LogP contribution is -2.34. The van der Waals surface area contributed by atoms with Crippen LogP contribution in [0.4, 0.5) is 0 Å². The molecule has 30 heavy (non-hydrogen) atoms. The van der Waals surface area contributed by atoms with Crippen LogP contribution in [0.25, 0.3) is 0 Å². The van der Waals surface area contributed by atoms with Crippen LogP contribution in [0.3, 0.4) is 0 Å². The van der Waals surface area contributed by atoms with Gasteiger partial charge in [-0.05, 0) is 50.4 Å². The molecule has 0 heterocycles. The van der Waals surface area contributed by atoms with Gasteiger partial charge in [0.15, 0.2) is 0 Å². The van der Waals surface area contributed by atoms with Gasteiger partial charge in [0.2, 0.25) is 0 Å². The highest BCUT2D eigenvalue weighted by Gasteiger charge is 2.34. The Hall–Kier alpha value is -1.06. The Bertz CT molecular complexity index is 476. The second-order valence-corrected chi connectivity index (χ2v) is 9.57. The second kappa shape index (κ2) is 15.7. The number of ether oxygens (including phenoxy) is 1. The number of rotatable bonds is 16. The fourth-order valence-corrected chi connectivity index (χ4v) is 5.13. The molecule has 0 saturated heterocycles. The molecule has 5 atom stereocenters. The summed E-state index contributed by atoms with van der Waals surface area (Å²) in [5, 5.41) is 9.37. The van der Waals surface area contributed by atoms with E-state index in [2.05, 4.69) is 27.7 Å². The summed E-state index contributed by atoms with van der Waals surface area (Å²) >= 11 is 0. The Morgan fingerprint density at radius 1 is 0.900 bits per heavy atom. The molecule has 1 saturated carbocycles. The normalized spacial score (nSPS) is 22.3. The lowest BCUT2D eigenvalue weighted by molar-refractivity contribution is -0.161. The van der Waals surface area contributed by atoms with E-state index in [1.807, 2.05) is 0 Å². The Labute approximate surface area is 185 Å². The predicted octanol–water partition coefficient (Wildman–Crippen LogP) is 7.39. The molecule has 4 nitrogen and oxygen atoms in total. The summed E-state index contributed by atoms with van der Waals surface area (Å²) in [6.45, 7) is 8.92. The number of hydrogen-bond acceptors (Lipinski definition) is 3. The summed E-state index contributed by atoms with van der Waals surface area (Å²) in [7, 11) is 0. The van der Waals surface area contributed by atoms with Crippen LogP contribution in [-0.2, 0) is 14.3 Å². The van der Waals surface area contributed by atoms with E-state index >= 15 is 0 Å². The average Bonchev–Trinajstić information content (AvgIpc) is 2.74. The number of esters is 1. The number of aliphatic carboxylic acids is 1. The molecule has 1 aliphatic rings. The first-order chi connectivity index (χ1) is 14.5. The van der Waals surface area contributed by atoms with Crippen LogP contribution in [0.2, 0.25) is 0 Å². The summed E-state index contributed by atoms with van der Waals surface area (Å²) in [6, 6.07) is 0. The maximum Gasteiger partial charge on any atom is 0.309 e. The maximum atomic E-state index is 13.1. The Kier molecular flexibility index (Phi) is 14.1. The average molecular weight is 425 g/mol. The van der Waals surface area contributed by atoms with Crippen molar-refractivity contribution in [3.63, 3.8) is 0 Å². The zero-order chi connectivity index (χ0) is 22.4. The van der Waals surface area contributed by atoms with Gasteiger partial charge in [-0.15, -0.1) is 0 Å². The van der Waals surface area contributed by atoms with Gasteiger partial charge < -0.3 is 9.84 Å². The van der Waals surface area contributed by atoms with Gasteiger partial charge in [0.25, 0.3) is 0 Å². The molecular weight excluding hydrogens is 376 g/mol. The first-order valence-corrected chi connectivity index (χ1v) is 12.9. The van der Waals surface area contributed by atoms with Crippen LogP contribution in [-0.4, -0.2) is 23.1 Å². The van der Waals surface area contributed by atoms with E-state index in [4.69, 9.17) is 4.74 Å². The van der Waals surface area contributed by atoms with Crippen molar-refractivity contribution in [2.24, 2.45) is 23.7 Å². The molecular formula is C26H48O4. The maximum absolute atomic E-state index is 13.1. The highest BCUT2D eigenvalue weighted by Crippen LogP contribution is 2.34. The molecule has 0 radical (unpaired) electrons. The summed E-state index contributed by atoms with van der Waals surface area (Å²) in [5.74, 6) is -0.497. The van der Waals surface area contributed by atoms with E-state index in [1.54, 1.807) is 0 Å². The van der Waals surface area contributed by atoms with Crippen LogP contribution in [0.1, 0.15) is 124 Å². The zero-order valence-corrected chi connectivity index (χ0v) is 20.2. The van der Waals surface area contributed by atoms with Gasteiger partial charge in [-0.25, -0.2) is 0 Å². The standard InChI is InChI=1S/C26H48O4/c1-5-9-11-14-20(13-7-3)18-24(21(8-4)15-10-6-2)30-26(29)23-17-12-16-22(19-23)25(27)28/h20-24H,5-19H2,1-4H3,(H,27,28). The quantitative estimate of drug-likeness (QED) is 0.207. The van der Waals surface area contributed by atoms with Gasteiger partial charge in [-0.1, -0.05) is 85.5 Å². The minimum Gasteiger partial charge on any atom is -0.481 e. The molecule has 0 aromatic carbocycles. The fourth-order valence-electron chi connectivity index (χ4n) is 5.13. The molecule has 1 aliphatic carbocycles. The molecule has 0 aliphatic heterocycles. The first kappa shape index (κ1) is 27.0. The molecule has 1 N–H and O–H groups in total. The van der Waals surface area contributed by atoms with Crippen LogP contribution in [0.15, 0.2) is 0 Å². The number of carbonyl (C=O) groups is 2. The molecule has 4 heteroatoms. The molecule has 0 bridgehead atoms. The minimum atomic E-state index is -0.766. The number of carboxylic acids is 1. The molecule has 1 rings (SSSR count). The van der Waals surface area contributed by atoms with Crippen molar-refractivity contribution >= 4 is 11.9 Å². The van der Waals surface area contributed by atoms with Gasteiger partial charge in [0.1, 0.15) is 6.10 Å². The molecule has 1 fully saturated rings. The largest absolute Gasteiger partial charge is 0.481 e. The SMILES string of the molecule is CCCCCC(CCC)CC(OC(=O)C1CCCC(C(=O)O)C1)C(CC)CCCC.